The number of benzene rings is 1. The molecule has 7 nitrogen and oxygen atoms in total. The highest BCUT2D eigenvalue weighted by molar-refractivity contribution is 5.94. The van der Waals surface area contributed by atoms with Gasteiger partial charge in [-0.15, -0.1) is 0 Å². The summed E-state index contributed by atoms with van der Waals surface area (Å²) in [7, 11) is 0. The Morgan fingerprint density at radius 3 is 2.60 bits per heavy atom. The van der Waals surface area contributed by atoms with E-state index in [-0.39, 0.29) is 30.4 Å². The first-order valence-corrected chi connectivity index (χ1v) is 8.53. The lowest BCUT2D eigenvalue weighted by Gasteiger charge is -2.26. The van der Waals surface area contributed by atoms with E-state index in [1.54, 1.807) is 24.3 Å². The number of carbonyl (C=O) groups is 3. The number of rotatable bonds is 8. The molecule has 1 unspecified atom stereocenters. The van der Waals surface area contributed by atoms with Gasteiger partial charge in [0.1, 0.15) is 11.8 Å². The van der Waals surface area contributed by atoms with Gasteiger partial charge in [-0.05, 0) is 44.7 Å². The average Bonchev–Trinajstić information content (AvgIpc) is 3.46. The van der Waals surface area contributed by atoms with Gasteiger partial charge in [0.05, 0.1) is 0 Å². The fourth-order valence-corrected chi connectivity index (χ4v) is 2.68. The third kappa shape index (κ3) is 4.49. The van der Waals surface area contributed by atoms with Crippen LogP contribution in [0.15, 0.2) is 24.3 Å². The second-order valence-corrected chi connectivity index (χ2v) is 6.63. The van der Waals surface area contributed by atoms with E-state index in [9.17, 15) is 14.4 Å². The summed E-state index contributed by atoms with van der Waals surface area (Å²) >= 11 is 0. The van der Waals surface area contributed by atoms with Crippen molar-refractivity contribution in [1.82, 2.24) is 4.90 Å². The molecule has 0 aromatic heterocycles. The van der Waals surface area contributed by atoms with E-state index in [4.69, 9.17) is 9.84 Å². The minimum atomic E-state index is -1.02. The molecule has 0 bridgehead atoms. The smallest absolute Gasteiger partial charge is 0.326 e. The molecule has 0 saturated heterocycles. The number of carboxylic acid groups (broad SMARTS) is 1. The Morgan fingerprint density at radius 2 is 2.00 bits per heavy atom. The highest BCUT2D eigenvalue weighted by Gasteiger charge is 2.38. The van der Waals surface area contributed by atoms with E-state index in [2.05, 4.69) is 5.32 Å². The van der Waals surface area contributed by atoms with Gasteiger partial charge < -0.3 is 20.1 Å². The predicted octanol–water partition coefficient (Wildman–Crippen LogP) is 1.88. The van der Waals surface area contributed by atoms with Gasteiger partial charge in [-0.2, -0.15) is 0 Å². The number of hydrogen-bond acceptors (Lipinski definition) is 4. The van der Waals surface area contributed by atoms with Gasteiger partial charge in [0.25, 0.3) is 5.91 Å². The van der Waals surface area contributed by atoms with Crippen LogP contribution in [-0.4, -0.2) is 46.5 Å². The summed E-state index contributed by atoms with van der Waals surface area (Å²) in [5, 5.41) is 12.0. The number of aliphatic carboxylic acids is 1. The summed E-state index contributed by atoms with van der Waals surface area (Å²) in [6.07, 6.45) is 3.50. The number of nitrogens with one attached hydrogen (secondary N) is 1. The topological polar surface area (TPSA) is 95.9 Å². The molecule has 0 spiro atoms. The Bertz CT molecular complexity index is 682. The van der Waals surface area contributed by atoms with Gasteiger partial charge in [-0.1, -0.05) is 6.07 Å². The van der Waals surface area contributed by atoms with Gasteiger partial charge in [0, 0.05) is 23.7 Å². The van der Waals surface area contributed by atoms with Crippen molar-refractivity contribution >= 4 is 23.5 Å². The number of carbonyl (C=O) groups excluding carboxylic acids is 2. The van der Waals surface area contributed by atoms with Gasteiger partial charge in [0.15, 0.2) is 6.61 Å². The number of nitrogens with zero attached hydrogens (tertiary/aromatic N) is 1. The van der Waals surface area contributed by atoms with Crippen LogP contribution in [0.25, 0.3) is 0 Å². The number of ether oxygens (including phenoxy) is 1. The molecule has 0 aliphatic heterocycles. The maximum atomic E-state index is 12.4. The molecular weight excluding hydrogens is 324 g/mol. The lowest BCUT2D eigenvalue weighted by Crippen LogP contribution is -2.46. The maximum Gasteiger partial charge on any atom is 0.326 e. The summed E-state index contributed by atoms with van der Waals surface area (Å²) in [6, 6.07) is 5.98. The van der Waals surface area contributed by atoms with Crippen molar-refractivity contribution in [2.45, 2.75) is 44.7 Å². The molecule has 2 aliphatic rings. The maximum absolute atomic E-state index is 12.4. The lowest BCUT2D eigenvalue weighted by molar-refractivity contribution is -0.150. The monoisotopic (exact) mass is 346 g/mol. The van der Waals surface area contributed by atoms with E-state index in [0.717, 1.165) is 25.7 Å². The number of amides is 2. The number of carboxylic acids is 1. The Morgan fingerprint density at radius 1 is 1.28 bits per heavy atom. The summed E-state index contributed by atoms with van der Waals surface area (Å²) in [4.78, 5) is 36.7. The summed E-state index contributed by atoms with van der Waals surface area (Å²) in [5.74, 6) is -0.797. The highest BCUT2D eigenvalue weighted by atomic mass is 16.5. The standard InChI is InChI=1S/C18H22N2O5/c1-11(18(23)24)20(14-7-8-14)16(21)10-25-15-4-2-3-13(9-15)19-17(22)12-5-6-12/h2-4,9,11-12,14H,5-8,10H2,1H3,(H,19,22)(H,23,24). The lowest BCUT2D eigenvalue weighted by atomic mass is 10.2. The summed E-state index contributed by atoms with van der Waals surface area (Å²) < 4.78 is 5.52. The molecule has 1 aromatic carbocycles. The number of anilines is 1. The molecule has 2 fully saturated rings. The first-order valence-electron chi connectivity index (χ1n) is 8.53. The summed E-state index contributed by atoms with van der Waals surface area (Å²) in [5.41, 5.74) is 0.625. The first-order chi connectivity index (χ1) is 12.0. The zero-order chi connectivity index (χ0) is 18.0. The van der Waals surface area contributed by atoms with E-state index >= 15 is 0 Å². The first kappa shape index (κ1) is 17.3. The van der Waals surface area contributed by atoms with Crippen molar-refractivity contribution in [3.8, 4) is 5.75 Å². The molecule has 1 atom stereocenters. The normalized spacial score (nSPS) is 17.5. The summed E-state index contributed by atoms with van der Waals surface area (Å²) in [6.45, 7) is 1.28. The van der Waals surface area contributed by atoms with Gasteiger partial charge in [0.2, 0.25) is 5.91 Å². The van der Waals surface area contributed by atoms with Gasteiger partial charge in [-0.3, -0.25) is 9.59 Å². The Hall–Kier alpha value is -2.57. The van der Waals surface area contributed by atoms with Crippen LogP contribution in [0.5, 0.6) is 5.75 Å². The van der Waals surface area contributed by atoms with Crippen LogP contribution in [0.3, 0.4) is 0 Å². The van der Waals surface area contributed by atoms with Crippen molar-refractivity contribution in [3.05, 3.63) is 24.3 Å². The fourth-order valence-electron chi connectivity index (χ4n) is 2.68. The largest absolute Gasteiger partial charge is 0.484 e. The van der Waals surface area contributed by atoms with Crippen molar-refractivity contribution in [2.24, 2.45) is 5.92 Å². The molecule has 25 heavy (non-hydrogen) atoms. The van der Waals surface area contributed by atoms with Crippen molar-refractivity contribution in [1.29, 1.82) is 0 Å². The molecule has 134 valence electrons. The van der Waals surface area contributed by atoms with Gasteiger partial charge >= 0.3 is 5.97 Å². The van der Waals surface area contributed by atoms with Crippen molar-refractivity contribution in [3.63, 3.8) is 0 Å². The Kier molecular flexibility index (Phi) is 4.92. The van der Waals surface area contributed by atoms with Crippen molar-refractivity contribution in [2.75, 3.05) is 11.9 Å². The van der Waals surface area contributed by atoms with Gasteiger partial charge in [-0.25, -0.2) is 4.79 Å². The SMILES string of the molecule is CC(C(=O)O)N(C(=O)COc1cccc(NC(=O)C2CC2)c1)C1CC1. The van der Waals surface area contributed by atoms with Crippen LogP contribution >= 0.6 is 0 Å². The molecule has 3 rings (SSSR count). The van der Waals surface area contributed by atoms with E-state index < -0.39 is 12.0 Å². The van der Waals surface area contributed by atoms with E-state index in [0.29, 0.717) is 11.4 Å². The van der Waals surface area contributed by atoms with E-state index in [1.165, 1.54) is 11.8 Å². The molecule has 7 heteroatoms. The molecule has 1 aromatic rings. The fraction of sp³-hybridized carbons (Fsp3) is 0.500. The molecule has 2 aliphatic carbocycles. The minimum absolute atomic E-state index is 0.00316. The quantitative estimate of drug-likeness (QED) is 0.749. The molecule has 0 heterocycles. The van der Waals surface area contributed by atoms with Crippen molar-refractivity contribution < 1.29 is 24.2 Å². The molecule has 2 saturated carbocycles. The average molecular weight is 346 g/mol. The van der Waals surface area contributed by atoms with Crippen LogP contribution < -0.4 is 10.1 Å². The van der Waals surface area contributed by atoms with Crippen LogP contribution in [0.4, 0.5) is 5.69 Å². The molecular formula is C18H22N2O5. The van der Waals surface area contributed by atoms with Crippen LogP contribution in [0.2, 0.25) is 0 Å². The Balaban J connectivity index is 1.57. The van der Waals surface area contributed by atoms with Crippen LogP contribution in [0.1, 0.15) is 32.6 Å². The zero-order valence-corrected chi connectivity index (χ0v) is 14.1. The second-order valence-electron chi connectivity index (χ2n) is 6.63. The molecule has 2 N–H and O–H groups in total. The van der Waals surface area contributed by atoms with Crippen LogP contribution in [-0.2, 0) is 14.4 Å². The second kappa shape index (κ2) is 7.13. The van der Waals surface area contributed by atoms with E-state index in [1.807, 2.05) is 0 Å². The van der Waals surface area contributed by atoms with Crippen LogP contribution in [0, 0.1) is 5.92 Å². The minimum Gasteiger partial charge on any atom is -0.484 e. The Labute approximate surface area is 146 Å². The third-order valence-electron chi connectivity index (χ3n) is 4.41. The molecule has 2 amide bonds. The highest BCUT2D eigenvalue weighted by Crippen LogP contribution is 2.31. The molecule has 0 radical (unpaired) electrons. The third-order valence-corrected chi connectivity index (χ3v) is 4.41. The number of hydrogen-bond donors (Lipinski definition) is 2. The zero-order valence-electron chi connectivity index (χ0n) is 14.1. The predicted molar refractivity (Wildman–Crippen MR) is 90.3 cm³/mol.